The molecule has 0 saturated heterocycles. The van der Waals surface area contributed by atoms with Crippen molar-refractivity contribution in [2.75, 3.05) is 0 Å². The lowest BCUT2D eigenvalue weighted by Gasteiger charge is -2.14. The molecule has 0 saturated carbocycles. The number of phenolic OH excluding ortho intramolecular Hbond substituents is 4. The highest BCUT2D eigenvalue weighted by Gasteiger charge is 2.16. The van der Waals surface area contributed by atoms with Gasteiger partial charge in [0.05, 0.1) is 0 Å². The fourth-order valence-electron chi connectivity index (χ4n) is 3.35. The molecular weight excluding hydrogens is 400 g/mol. The van der Waals surface area contributed by atoms with E-state index in [1.165, 1.54) is 12.1 Å². The summed E-state index contributed by atoms with van der Waals surface area (Å²) in [6, 6.07) is 25.2. The van der Waals surface area contributed by atoms with Gasteiger partial charge in [-0.05, 0) is 40.5 Å². The molecule has 0 atom stereocenters. The van der Waals surface area contributed by atoms with Gasteiger partial charge in [-0.25, -0.2) is 0 Å². The molecule has 0 spiro atoms. The third-order valence-corrected chi connectivity index (χ3v) is 4.92. The van der Waals surface area contributed by atoms with Crippen molar-refractivity contribution in [2.24, 2.45) is 0 Å². The Morgan fingerprint density at radius 2 is 0.875 bits per heavy atom. The SMILES string of the molecule is C=Cc1ccc(O)c(O)c1-c1cccc(-c2c(C=C)ccc(O)c2O)c1.c1ccccc1. The number of hydrogen-bond donors (Lipinski definition) is 4. The molecule has 0 unspecified atom stereocenters. The summed E-state index contributed by atoms with van der Waals surface area (Å²) in [7, 11) is 0. The summed E-state index contributed by atoms with van der Waals surface area (Å²) in [6.07, 6.45) is 3.17. The van der Waals surface area contributed by atoms with Crippen molar-refractivity contribution in [3.63, 3.8) is 0 Å². The average molecular weight is 424 g/mol. The highest BCUT2D eigenvalue weighted by Crippen LogP contribution is 2.43. The summed E-state index contributed by atoms with van der Waals surface area (Å²) in [4.78, 5) is 0. The topological polar surface area (TPSA) is 80.9 Å². The lowest BCUT2D eigenvalue weighted by atomic mass is 9.92. The Hall–Kier alpha value is -4.44. The number of hydrogen-bond acceptors (Lipinski definition) is 4. The molecule has 4 N–H and O–H groups in total. The van der Waals surface area contributed by atoms with Crippen LogP contribution in [0.5, 0.6) is 23.0 Å². The molecule has 0 radical (unpaired) electrons. The summed E-state index contributed by atoms with van der Waals surface area (Å²) in [5, 5.41) is 40.4. The monoisotopic (exact) mass is 424 g/mol. The summed E-state index contributed by atoms with van der Waals surface area (Å²) in [5.74, 6) is -0.960. The standard InChI is InChI=1S/C22H18O4.C6H6/c1-3-13-8-10-17(23)21(25)19(13)15-6-5-7-16(12-15)20-14(4-2)9-11-18(24)22(20)26;1-2-4-6-5-3-1/h3-12,23-26H,1-2H2;1-6H. The first-order valence-electron chi connectivity index (χ1n) is 9.93. The number of aromatic hydroxyl groups is 4. The normalized spacial score (nSPS) is 10.0. The molecule has 32 heavy (non-hydrogen) atoms. The molecule has 4 aromatic rings. The summed E-state index contributed by atoms with van der Waals surface area (Å²) in [5.41, 5.74) is 3.43. The van der Waals surface area contributed by atoms with E-state index in [9.17, 15) is 20.4 Å². The molecule has 0 aromatic heterocycles. The van der Waals surface area contributed by atoms with Gasteiger partial charge in [-0.1, -0.05) is 92.0 Å². The van der Waals surface area contributed by atoms with Crippen molar-refractivity contribution in [3.8, 4) is 45.3 Å². The summed E-state index contributed by atoms with van der Waals surface area (Å²) in [6.45, 7) is 7.48. The third-order valence-electron chi connectivity index (χ3n) is 4.92. The van der Waals surface area contributed by atoms with Gasteiger partial charge in [0.1, 0.15) is 0 Å². The molecular formula is C28H24O4. The maximum Gasteiger partial charge on any atom is 0.166 e. The minimum absolute atomic E-state index is 0.233. The Kier molecular flexibility index (Phi) is 6.99. The van der Waals surface area contributed by atoms with Crippen LogP contribution in [0.15, 0.2) is 98.1 Å². The van der Waals surface area contributed by atoms with E-state index in [-0.39, 0.29) is 23.0 Å². The second-order valence-corrected chi connectivity index (χ2v) is 6.94. The molecule has 4 heteroatoms. The number of benzene rings is 4. The van der Waals surface area contributed by atoms with Crippen LogP contribution in [0.2, 0.25) is 0 Å². The predicted molar refractivity (Wildman–Crippen MR) is 131 cm³/mol. The van der Waals surface area contributed by atoms with Crippen LogP contribution in [0.4, 0.5) is 0 Å². The van der Waals surface area contributed by atoms with E-state index >= 15 is 0 Å². The maximum absolute atomic E-state index is 10.3. The predicted octanol–water partition coefficient (Wildman–Crippen LogP) is 6.82. The van der Waals surface area contributed by atoms with Gasteiger partial charge < -0.3 is 20.4 Å². The molecule has 0 heterocycles. The van der Waals surface area contributed by atoms with Crippen LogP contribution < -0.4 is 0 Å². The number of phenols is 4. The van der Waals surface area contributed by atoms with E-state index in [0.717, 1.165) is 0 Å². The lowest BCUT2D eigenvalue weighted by Crippen LogP contribution is -1.89. The second-order valence-electron chi connectivity index (χ2n) is 6.94. The van der Waals surface area contributed by atoms with Crippen LogP contribution in [-0.4, -0.2) is 20.4 Å². The molecule has 4 rings (SSSR count). The van der Waals surface area contributed by atoms with Gasteiger partial charge in [0.2, 0.25) is 0 Å². The molecule has 4 aromatic carbocycles. The van der Waals surface area contributed by atoms with E-state index in [2.05, 4.69) is 13.2 Å². The lowest BCUT2D eigenvalue weighted by molar-refractivity contribution is 0.405. The van der Waals surface area contributed by atoms with Crippen LogP contribution >= 0.6 is 0 Å². The van der Waals surface area contributed by atoms with Crippen molar-refractivity contribution in [3.05, 3.63) is 109 Å². The zero-order valence-electron chi connectivity index (χ0n) is 17.4. The summed E-state index contributed by atoms with van der Waals surface area (Å²) >= 11 is 0. The average Bonchev–Trinajstić information content (AvgIpc) is 2.84. The number of rotatable bonds is 4. The fourth-order valence-corrected chi connectivity index (χ4v) is 3.35. The minimum Gasteiger partial charge on any atom is -0.504 e. The van der Waals surface area contributed by atoms with Crippen molar-refractivity contribution in [2.45, 2.75) is 0 Å². The highest BCUT2D eigenvalue weighted by atomic mass is 16.3. The van der Waals surface area contributed by atoms with E-state index < -0.39 is 0 Å². The van der Waals surface area contributed by atoms with Gasteiger partial charge in [-0.2, -0.15) is 0 Å². The maximum atomic E-state index is 10.3. The van der Waals surface area contributed by atoms with Crippen molar-refractivity contribution in [1.82, 2.24) is 0 Å². The Morgan fingerprint density at radius 1 is 0.500 bits per heavy atom. The molecule has 0 aliphatic heterocycles. The summed E-state index contributed by atoms with van der Waals surface area (Å²) < 4.78 is 0. The Morgan fingerprint density at radius 3 is 1.22 bits per heavy atom. The molecule has 160 valence electrons. The van der Waals surface area contributed by atoms with Crippen LogP contribution in [-0.2, 0) is 0 Å². The fraction of sp³-hybridized carbons (Fsp3) is 0. The first kappa shape index (κ1) is 22.2. The first-order chi connectivity index (χ1) is 15.5. The Bertz CT molecular complexity index is 1140. The molecule has 4 nitrogen and oxygen atoms in total. The minimum atomic E-state index is -0.247. The highest BCUT2D eigenvalue weighted by molar-refractivity contribution is 5.88. The Balaban J connectivity index is 0.000000416. The Labute approximate surface area is 187 Å². The second kappa shape index (κ2) is 10.0. The van der Waals surface area contributed by atoms with Crippen LogP contribution in [0.25, 0.3) is 34.4 Å². The molecule has 0 bridgehead atoms. The molecule has 0 fully saturated rings. The van der Waals surface area contributed by atoms with Gasteiger partial charge in [-0.3, -0.25) is 0 Å². The van der Waals surface area contributed by atoms with Gasteiger partial charge in [-0.15, -0.1) is 0 Å². The zero-order chi connectivity index (χ0) is 23.1. The van der Waals surface area contributed by atoms with Crippen LogP contribution in [0.1, 0.15) is 11.1 Å². The largest absolute Gasteiger partial charge is 0.504 e. The first-order valence-corrected chi connectivity index (χ1v) is 9.93. The van der Waals surface area contributed by atoms with Crippen LogP contribution in [0, 0.1) is 0 Å². The van der Waals surface area contributed by atoms with E-state index in [1.807, 2.05) is 36.4 Å². The molecule has 0 amide bonds. The van der Waals surface area contributed by atoms with Gasteiger partial charge in [0.25, 0.3) is 0 Å². The van der Waals surface area contributed by atoms with Crippen LogP contribution in [0.3, 0.4) is 0 Å². The van der Waals surface area contributed by atoms with E-state index in [0.29, 0.717) is 33.4 Å². The van der Waals surface area contributed by atoms with Crippen molar-refractivity contribution < 1.29 is 20.4 Å². The van der Waals surface area contributed by atoms with E-state index in [4.69, 9.17) is 0 Å². The third kappa shape index (κ3) is 4.65. The quantitative estimate of drug-likeness (QED) is 0.271. The zero-order valence-corrected chi connectivity index (χ0v) is 17.4. The van der Waals surface area contributed by atoms with Crippen molar-refractivity contribution >= 4 is 12.2 Å². The molecule has 0 aliphatic carbocycles. The van der Waals surface area contributed by atoms with E-state index in [1.54, 1.807) is 48.6 Å². The van der Waals surface area contributed by atoms with Gasteiger partial charge in [0, 0.05) is 11.1 Å². The van der Waals surface area contributed by atoms with Gasteiger partial charge in [0.15, 0.2) is 23.0 Å². The smallest absolute Gasteiger partial charge is 0.166 e. The van der Waals surface area contributed by atoms with Crippen molar-refractivity contribution in [1.29, 1.82) is 0 Å². The molecule has 0 aliphatic rings. The van der Waals surface area contributed by atoms with Gasteiger partial charge >= 0.3 is 0 Å².